The van der Waals surface area contributed by atoms with E-state index in [4.69, 9.17) is 21.1 Å². The van der Waals surface area contributed by atoms with Crippen LogP contribution in [-0.2, 0) is 20.7 Å². The molecular weight excluding hydrogens is 488 g/mol. The lowest BCUT2D eigenvalue weighted by atomic mass is 9.76. The number of H-pyrrole nitrogens is 1. The maximum Gasteiger partial charge on any atom is 0.327 e. The van der Waals surface area contributed by atoms with Crippen molar-refractivity contribution in [2.24, 2.45) is 5.92 Å². The van der Waals surface area contributed by atoms with E-state index in [0.717, 1.165) is 43.0 Å². The highest BCUT2D eigenvalue weighted by atomic mass is 35.5. The van der Waals surface area contributed by atoms with Crippen LogP contribution < -0.4 is 4.74 Å². The second-order valence-corrected chi connectivity index (χ2v) is 10.8. The van der Waals surface area contributed by atoms with Crippen molar-refractivity contribution in [1.82, 2.24) is 9.97 Å². The van der Waals surface area contributed by atoms with Gasteiger partial charge in [0.15, 0.2) is 16.2 Å². The molecule has 7 nitrogen and oxygen atoms in total. The summed E-state index contributed by atoms with van der Waals surface area (Å²) in [6.07, 6.45) is 5.45. The number of cyclic esters (lactones) is 1. The molecule has 2 atom stereocenters. The Kier molecular flexibility index (Phi) is 6.68. The van der Waals surface area contributed by atoms with Crippen LogP contribution >= 0.6 is 23.4 Å². The molecule has 0 amide bonds. The smallest absolute Gasteiger partial charge is 0.327 e. The summed E-state index contributed by atoms with van der Waals surface area (Å²) in [7, 11) is 1.57. The summed E-state index contributed by atoms with van der Waals surface area (Å²) >= 11 is 7.35. The molecule has 184 valence electrons. The van der Waals surface area contributed by atoms with Gasteiger partial charge in [0.05, 0.1) is 17.6 Å². The summed E-state index contributed by atoms with van der Waals surface area (Å²) in [5.74, 6) is 0.158. The SMILES string of the molecule is COc1ccc(CCC2(C3CCCC3)CC(=O)C(Sc3nc4c(O)cccc4[nH]3)C(=O)O2)cc1Cl. The highest BCUT2D eigenvalue weighted by molar-refractivity contribution is 8.01. The van der Waals surface area contributed by atoms with Gasteiger partial charge in [0, 0.05) is 6.42 Å². The Morgan fingerprint density at radius 2 is 2.06 bits per heavy atom. The number of carbonyl (C=O) groups excluding carboxylic acids is 2. The number of para-hydroxylation sites is 1. The number of nitrogens with one attached hydrogen (secondary N) is 1. The number of benzene rings is 2. The predicted octanol–water partition coefficient (Wildman–Crippen LogP) is 5.47. The van der Waals surface area contributed by atoms with Crippen molar-refractivity contribution >= 4 is 46.1 Å². The van der Waals surface area contributed by atoms with Crippen LogP contribution in [0.5, 0.6) is 11.5 Å². The number of hydrogen-bond donors (Lipinski definition) is 2. The van der Waals surface area contributed by atoms with Gasteiger partial charge in [-0.05, 0) is 61.4 Å². The number of thioether (sulfide) groups is 1. The zero-order valence-electron chi connectivity index (χ0n) is 19.4. The largest absolute Gasteiger partial charge is 0.506 e. The van der Waals surface area contributed by atoms with Crippen molar-refractivity contribution in [3.63, 3.8) is 0 Å². The molecule has 2 unspecified atom stereocenters. The monoisotopic (exact) mass is 514 g/mol. The number of ether oxygens (including phenoxy) is 2. The predicted molar refractivity (Wildman–Crippen MR) is 134 cm³/mol. The Balaban J connectivity index is 1.35. The van der Waals surface area contributed by atoms with Gasteiger partial charge in [0.25, 0.3) is 0 Å². The van der Waals surface area contributed by atoms with Crippen molar-refractivity contribution in [2.45, 2.75) is 61.0 Å². The first-order valence-electron chi connectivity index (χ1n) is 11.8. The van der Waals surface area contributed by atoms with Crippen LogP contribution in [0, 0.1) is 5.92 Å². The van der Waals surface area contributed by atoms with E-state index in [2.05, 4.69) is 9.97 Å². The fourth-order valence-corrected chi connectivity index (χ4v) is 6.50. The van der Waals surface area contributed by atoms with E-state index in [1.807, 2.05) is 18.2 Å². The first-order valence-corrected chi connectivity index (χ1v) is 13.1. The van der Waals surface area contributed by atoms with Gasteiger partial charge in [-0.25, -0.2) is 4.98 Å². The molecule has 0 bridgehead atoms. The van der Waals surface area contributed by atoms with Crippen molar-refractivity contribution in [3.8, 4) is 11.5 Å². The fourth-order valence-electron chi connectivity index (χ4n) is 5.33. The third-order valence-corrected chi connectivity index (χ3v) is 8.54. The molecule has 2 fully saturated rings. The average Bonchev–Trinajstić information content (AvgIpc) is 3.51. The maximum absolute atomic E-state index is 13.4. The van der Waals surface area contributed by atoms with E-state index in [9.17, 15) is 14.7 Å². The lowest BCUT2D eigenvalue weighted by Gasteiger charge is -2.42. The van der Waals surface area contributed by atoms with Gasteiger partial charge in [-0.1, -0.05) is 48.3 Å². The number of carbonyl (C=O) groups is 2. The van der Waals surface area contributed by atoms with Crippen molar-refractivity contribution in [1.29, 1.82) is 0 Å². The second-order valence-electron chi connectivity index (χ2n) is 9.29. The zero-order chi connectivity index (χ0) is 24.6. The Labute approximate surface area is 212 Å². The number of halogens is 1. The van der Waals surface area contributed by atoms with Gasteiger partial charge in [-0.15, -0.1) is 0 Å². The van der Waals surface area contributed by atoms with Crippen molar-refractivity contribution < 1.29 is 24.2 Å². The maximum atomic E-state index is 13.4. The molecule has 1 saturated carbocycles. The Bertz CT molecular complexity index is 1250. The molecule has 3 aromatic rings. The summed E-state index contributed by atoms with van der Waals surface area (Å²) in [5.41, 5.74) is 1.25. The number of aryl methyl sites for hydroxylation is 1. The number of Topliss-reactive ketones (excluding diaryl/α,β-unsaturated/α-hetero) is 1. The topological polar surface area (TPSA) is 102 Å². The zero-order valence-corrected chi connectivity index (χ0v) is 21.0. The average molecular weight is 515 g/mol. The third kappa shape index (κ3) is 4.74. The minimum atomic E-state index is -0.984. The van der Waals surface area contributed by atoms with Crippen LogP contribution in [-0.4, -0.2) is 44.8 Å². The van der Waals surface area contributed by atoms with Crippen LogP contribution in [0.25, 0.3) is 11.0 Å². The van der Waals surface area contributed by atoms with E-state index in [-0.39, 0.29) is 23.9 Å². The van der Waals surface area contributed by atoms with Crippen LogP contribution in [0.2, 0.25) is 5.02 Å². The number of imidazole rings is 1. The van der Waals surface area contributed by atoms with Crippen LogP contribution in [0.1, 0.15) is 44.1 Å². The number of aromatic nitrogens is 2. The van der Waals surface area contributed by atoms with E-state index in [1.54, 1.807) is 25.3 Å². The van der Waals surface area contributed by atoms with E-state index in [1.165, 1.54) is 0 Å². The highest BCUT2D eigenvalue weighted by Gasteiger charge is 2.52. The number of methoxy groups -OCH3 is 1. The molecule has 1 aliphatic heterocycles. The number of hydrogen-bond acceptors (Lipinski definition) is 7. The molecule has 1 aromatic heterocycles. The summed E-state index contributed by atoms with van der Waals surface area (Å²) in [5, 5.41) is 9.97. The molecule has 1 saturated heterocycles. The fraction of sp³-hybridized carbons (Fsp3) is 0.423. The number of ketones is 1. The normalized spacial score (nSPS) is 23.1. The third-order valence-electron chi connectivity index (χ3n) is 7.14. The lowest BCUT2D eigenvalue weighted by Crippen LogP contribution is -2.53. The first kappa shape index (κ1) is 24.0. The molecule has 2 aliphatic rings. The molecule has 0 spiro atoms. The van der Waals surface area contributed by atoms with Crippen LogP contribution in [0.3, 0.4) is 0 Å². The van der Waals surface area contributed by atoms with E-state index < -0.39 is 16.8 Å². The Hall–Kier alpha value is -2.71. The number of esters is 1. The summed E-state index contributed by atoms with van der Waals surface area (Å²) < 4.78 is 11.4. The highest BCUT2D eigenvalue weighted by Crippen LogP contribution is 2.46. The minimum Gasteiger partial charge on any atom is -0.506 e. The lowest BCUT2D eigenvalue weighted by molar-refractivity contribution is -0.177. The molecule has 35 heavy (non-hydrogen) atoms. The molecule has 2 aromatic carbocycles. The summed E-state index contributed by atoms with van der Waals surface area (Å²) in [4.78, 5) is 34.0. The Morgan fingerprint density at radius 3 is 2.74 bits per heavy atom. The van der Waals surface area contributed by atoms with Crippen molar-refractivity contribution in [2.75, 3.05) is 7.11 Å². The number of nitrogens with zero attached hydrogens (tertiary/aromatic N) is 1. The van der Waals surface area contributed by atoms with E-state index >= 15 is 0 Å². The van der Waals surface area contributed by atoms with Gasteiger partial charge in [-0.3, -0.25) is 9.59 Å². The summed E-state index contributed by atoms with van der Waals surface area (Å²) in [6.45, 7) is 0. The number of aromatic amines is 1. The standard InChI is InChI=1S/C26H27ClN2O5S/c1-33-21-10-9-15(13-17(21)27)11-12-26(16-5-2-3-6-16)14-20(31)23(24(32)34-26)35-25-28-18-7-4-8-19(30)22(18)29-25/h4,7-10,13,16,23,30H,2-3,5-6,11-12,14H2,1H3,(H,28,29). The number of rotatable bonds is 7. The minimum absolute atomic E-state index is 0.0435. The first-order chi connectivity index (χ1) is 16.9. The molecule has 0 radical (unpaired) electrons. The molecule has 1 aliphatic carbocycles. The van der Waals surface area contributed by atoms with Crippen LogP contribution in [0.4, 0.5) is 0 Å². The Morgan fingerprint density at radius 1 is 1.26 bits per heavy atom. The molecular formula is C26H27ClN2O5S. The molecule has 2 heterocycles. The molecule has 9 heteroatoms. The van der Waals surface area contributed by atoms with Gasteiger partial charge in [0.1, 0.15) is 22.6 Å². The number of phenolic OH excluding ortho intramolecular Hbond substituents is 1. The van der Waals surface area contributed by atoms with Crippen LogP contribution in [0.15, 0.2) is 41.6 Å². The van der Waals surface area contributed by atoms with Gasteiger partial charge in [-0.2, -0.15) is 0 Å². The van der Waals surface area contributed by atoms with Gasteiger partial charge in [0.2, 0.25) is 0 Å². The summed E-state index contributed by atoms with van der Waals surface area (Å²) in [6, 6.07) is 10.7. The second kappa shape index (κ2) is 9.74. The molecule has 2 N–H and O–H groups in total. The molecule has 5 rings (SSSR count). The van der Waals surface area contributed by atoms with E-state index in [0.29, 0.717) is 39.8 Å². The quantitative estimate of drug-likeness (QED) is 0.318. The van der Waals surface area contributed by atoms with Gasteiger partial charge >= 0.3 is 5.97 Å². The van der Waals surface area contributed by atoms with Gasteiger partial charge < -0.3 is 19.6 Å². The number of fused-ring (bicyclic) bond motifs is 1. The number of aromatic hydroxyl groups is 1. The van der Waals surface area contributed by atoms with Crippen molar-refractivity contribution in [3.05, 3.63) is 47.0 Å². The number of phenols is 1.